The summed E-state index contributed by atoms with van der Waals surface area (Å²) in [6.45, 7) is 0.157. The van der Waals surface area contributed by atoms with E-state index in [-0.39, 0.29) is 21.7 Å². The highest BCUT2D eigenvalue weighted by Crippen LogP contribution is 2.35. The van der Waals surface area contributed by atoms with E-state index in [4.69, 9.17) is 11.6 Å². The number of rotatable bonds is 4. The maximum absolute atomic E-state index is 12.4. The Kier molecular flexibility index (Phi) is 4.70. The van der Waals surface area contributed by atoms with Crippen LogP contribution in [0.5, 0.6) is 0 Å². The van der Waals surface area contributed by atoms with E-state index >= 15 is 0 Å². The first-order valence-corrected chi connectivity index (χ1v) is 8.69. The Labute approximate surface area is 149 Å². The quantitative estimate of drug-likeness (QED) is 0.441. The molecule has 0 bridgehead atoms. The second-order valence-electron chi connectivity index (χ2n) is 4.83. The van der Waals surface area contributed by atoms with Crippen molar-refractivity contribution in [3.05, 3.63) is 66.9 Å². The first-order valence-electron chi connectivity index (χ1n) is 6.68. The molecule has 1 aliphatic rings. The number of imide groups is 1. The molecule has 24 heavy (non-hydrogen) atoms. The number of nitrogens with zero attached hydrogens (tertiary/aromatic N) is 2. The van der Waals surface area contributed by atoms with Crippen LogP contribution in [0.3, 0.4) is 0 Å². The van der Waals surface area contributed by atoms with Crippen LogP contribution in [0, 0.1) is 10.1 Å². The first-order chi connectivity index (χ1) is 11.4. The third-order valence-corrected chi connectivity index (χ3v) is 5.34. The van der Waals surface area contributed by atoms with E-state index in [0.717, 1.165) is 33.6 Å². The molecular formula is C15H9ClN2O4S2. The van der Waals surface area contributed by atoms with E-state index in [2.05, 4.69) is 0 Å². The van der Waals surface area contributed by atoms with Crippen molar-refractivity contribution in [2.45, 2.75) is 6.54 Å². The van der Waals surface area contributed by atoms with Crippen molar-refractivity contribution < 1.29 is 14.5 Å². The Hall–Kier alpha value is -2.16. The van der Waals surface area contributed by atoms with Gasteiger partial charge in [0.15, 0.2) is 0 Å². The molecule has 0 N–H and O–H groups in total. The third-order valence-electron chi connectivity index (χ3n) is 3.19. The Bertz CT molecular complexity index is 861. The minimum Gasteiger partial charge on any atom is -0.268 e. The molecule has 0 unspecified atom stereocenters. The van der Waals surface area contributed by atoms with Crippen LogP contribution in [0.4, 0.5) is 9.80 Å². The number of thioether (sulfide) groups is 1. The van der Waals surface area contributed by atoms with E-state index in [9.17, 15) is 19.7 Å². The second-order valence-corrected chi connectivity index (χ2v) is 7.35. The number of thiophene rings is 1. The van der Waals surface area contributed by atoms with Gasteiger partial charge in [0.05, 0.1) is 16.4 Å². The Balaban J connectivity index is 1.79. The third kappa shape index (κ3) is 3.50. The van der Waals surface area contributed by atoms with Crippen molar-refractivity contribution in [2.24, 2.45) is 0 Å². The molecule has 0 radical (unpaired) electrons. The first kappa shape index (κ1) is 16.7. The van der Waals surface area contributed by atoms with Gasteiger partial charge < -0.3 is 0 Å². The van der Waals surface area contributed by atoms with E-state index in [1.54, 1.807) is 30.3 Å². The molecule has 0 atom stereocenters. The smallest absolute Gasteiger partial charge is 0.268 e. The van der Waals surface area contributed by atoms with Crippen LogP contribution in [0.2, 0.25) is 5.02 Å². The van der Waals surface area contributed by atoms with Gasteiger partial charge in [-0.15, -0.1) is 0 Å². The van der Waals surface area contributed by atoms with Gasteiger partial charge >= 0.3 is 5.00 Å². The molecular weight excluding hydrogens is 372 g/mol. The molecule has 0 saturated carbocycles. The van der Waals surface area contributed by atoms with Gasteiger partial charge in [-0.2, -0.15) is 0 Å². The van der Waals surface area contributed by atoms with Crippen molar-refractivity contribution in [1.29, 1.82) is 0 Å². The lowest BCUT2D eigenvalue weighted by Gasteiger charge is -2.12. The van der Waals surface area contributed by atoms with Crippen molar-refractivity contribution in [3.63, 3.8) is 0 Å². The molecule has 9 heteroatoms. The fourth-order valence-corrected chi connectivity index (χ4v) is 3.85. The molecule has 1 fully saturated rings. The summed E-state index contributed by atoms with van der Waals surface area (Å²) in [5, 5.41) is 10.9. The molecule has 6 nitrogen and oxygen atoms in total. The molecule has 1 aromatic carbocycles. The minimum atomic E-state index is -0.492. The fourth-order valence-electron chi connectivity index (χ4n) is 2.06. The fraction of sp³-hybridized carbons (Fsp3) is 0.0667. The summed E-state index contributed by atoms with van der Waals surface area (Å²) >= 11 is 7.59. The predicted molar refractivity (Wildman–Crippen MR) is 93.9 cm³/mol. The predicted octanol–water partition coefficient (Wildman–Crippen LogP) is 4.55. The number of carbonyl (C=O) groups is 2. The maximum atomic E-state index is 12.4. The number of benzene rings is 1. The van der Waals surface area contributed by atoms with Gasteiger partial charge in [0.2, 0.25) is 0 Å². The van der Waals surface area contributed by atoms with Crippen LogP contribution in [-0.4, -0.2) is 21.0 Å². The average molecular weight is 381 g/mol. The molecule has 0 aliphatic carbocycles. The Morgan fingerprint density at radius 1 is 1.17 bits per heavy atom. The standard InChI is InChI=1S/C15H9ClN2O4S2/c16-10-3-1-9(2-4-10)8-17-14(19)12(24-15(17)20)7-11-5-6-13(23-11)18(21)22/h1-7H,8H2/b12-7-. The maximum Gasteiger partial charge on any atom is 0.324 e. The van der Waals surface area contributed by atoms with Crippen LogP contribution in [-0.2, 0) is 11.3 Å². The summed E-state index contributed by atoms with van der Waals surface area (Å²) in [4.78, 5) is 36.6. The Morgan fingerprint density at radius 3 is 2.50 bits per heavy atom. The number of halogens is 1. The number of amides is 2. The number of nitro groups is 1. The zero-order chi connectivity index (χ0) is 17.3. The van der Waals surface area contributed by atoms with Gasteiger partial charge in [0, 0.05) is 16.0 Å². The van der Waals surface area contributed by atoms with Crippen LogP contribution in [0.25, 0.3) is 6.08 Å². The molecule has 2 heterocycles. The molecule has 3 rings (SSSR count). The lowest BCUT2D eigenvalue weighted by atomic mass is 10.2. The van der Waals surface area contributed by atoms with E-state index < -0.39 is 10.8 Å². The lowest BCUT2D eigenvalue weighted by molar-refractivity contribution is -0.380. The molecule has 0 spiro atoms. The molecule has 2 aromatic rings. The van der Waals surface area contributed by atoms with E-state index in [0.29, 0.717) is 9.90 Å². The summed E-state index contributed by atoms with van der Waals surface area (Å²) in [6, 6.07) is 9.80. The van der Waals surface area contributed by atoms with Gasteiger partial charge in [-0.05, 0) is 41.6 Å². The number of carbonyl (C=O) groups excluding carboxylic acids is 2. The van der Waals surface area contributed by atoms with Crippen LogP contribution < -0.4 is 0 Å². The highest BCUT2D eigenvalue weighted by Gasteiger charge is 2.35. The molecule has 122 valence electrons. The summed E-state index contributed by atoms with van der Waals surface area (Å²) in [7, 11) is 0. The van der Waals surface area contributed by atoms with Crippen LogP contribution in [0.15, 0.2) is 41.3 Å². The summed E-state index contributed by atoms with van der Waals surface area (Å²) < 4.78 is 0. The molecule has 1 aliphatic heterocycles. The number of hydrogen-bond donors (Lipinski definition) is 0. The topological polar surface area (TPSA) is 80.5 Å². The SMILES string of the molecule is O=C1S/C(=C\c2ccc([N+](=O)[O-])s2)C(=O)N1Cc1ccc(Cl)cc1. The summed E-state index contributed by atoms with van der Waals surface area (Å²) in [5.41, 5.74) is 0.787. The summed E-state index contributed by atoms with van der Waals surface area (Å²) in [6.07, 6.45) is 1.50. The summed E-state index contributed by atoms with van der Waals surface area (Å²) in [5.74, 6) is -0.406. The highest BCUT2D eigenvalue weighted by atomic mass is 35.5. The van der Waals surface area contributed by atoms with E-state index in [1.807, 2.05) is 0 Å². The normalized spacial score (nSPS) is 16.2. The van der Waals surface area contributed by atoms with Gasteiger partial charge in [-0.3, -0.25) is 24.6 Å². The van der Waals surface area contributed by atoms with Gasteiger partial charge in [0.25, 0.3) is 11.1 Å². The van der Waals surface area contributed by atoms with Gasteiger partial charge in [-0.1, -0.05) is 35.1 Å². The lowest BCUT2D eigenvalue weighted by Crippen LogP contribution is -2.27. The second kappa shape index (κ2) is 6.76. The molecule has 1 aromatic heterocycles. The average Bonchev–Trinajstić information content (AvgIpc) is 3.10. The number of hydrogen-bond acceptors (Lipinski definition) is 6. The Morgan fingerprint density at radius 2 is 1.88 bits per heavy atom. The minimum absolute atomic E-state index is 0.0124. The van der Waals surface area contributed by atoms with Gasteiger partial charge in [-0.25, -0.2) is 0 Å². The van der Waals surface area contributed by atoms with Crippen molar-refractivity contribution in [1.82, 2.24) is 4.90 Å². The van der Waals surface area contributed by atoms with Crippen molar-refractivity contribution >= 4 is 56.9 Å². The van der Waals surface area contributed by atoms with Gasteiger partial charge in [0.1, 0.15) is 0 Å². The zero-order valence-electron chi connectivity index (χ0n) is 12.0. The van der Waals surface area contributed by atoms with Crippen LogP contribution in [0.1, 0.15) is 10.4 Å². The van der Waals surface area contributed by atoms with Crippen LogP contribution >= 0.6 is 34.7 Å². The monoisotopic (exact) mass is 380 g/mol. The molecule has 1 saturated heterocycles. The zero-order valence-corrected chi connectivity index (χ0v) is 14.4. The van der Waals surface area contributed by atoms with E-state index in [1.165, 1.54) is 12.1 Å². The highest BCUT2D eigenvalue weighted by molar-refractivity contribution is 8.18. The molecule has 2 amide bonds. The van der Waals surface area contributed by atoms with Crippen molar-refractivity contribution in [3.8, 4) is 0 Å². The van der Waals surface area contributed by atoms with Crippen molar-refractivity contribution in [2.75, 3.05) is 0 Å². The largest absolute Gasteiger partial charge is 0.324 e.